The van der Waals surface area contributed by atoms with Crippen LogP contribution in [0.5, 0.6) is 0 Å². The van der Waals surface area contributed by atoms with E-state index in [1.165, 1.54) is 0 Å². The molecule has 2 rings (SSSR count). The zero-order valence-corrected chi connectivity index (χ0v) is 11.2. The number of nitriles is 1. The highest BCUT2D eigenvalue weighted by molar-refractivity contribution is 6.31. The van der Waals surface area contributed by atoms with Crippen molar-refractivity contribution < 1.29 is 4.74 Å². The summed E-state index contributed by atoms with van der Waals surface area (Å²) in [6, 6.07) is 7.39. The van der Waals surface area contributed by atoms with Crippen LogP contribution in [0.15, 0.2) is 18.2 Å². The largest absolute Gasteiger partial charge is 0.372 e. The molecule has 4 heteroatoms. The fourth-order valence-electron chi connectivity index (χ4n) is 2.12. The van der Waals surface area contributed by atoms with Crippen molar-refractivity contribution in [2.45, 2.75) is 26.1 Å². The number of nitrogens with zero attached hydrogens (tertiary/aromatic N) is 1. The van der Waals surface area contributed by atoms with Crippen LogP contribution in [0, 0.1) is 17.2 Å². The molecule has 1 aliphatic rings. The second-order valence-electron chi connectivity index (χ2n) is 4.74. The van der Waals surface area contributed by atoms with Crippen LogP contribution in [0.3, 0.4) is 0 Å². The molecule has 1 aromatic carbocycles. The number of benzene rings is 1. The molecule has 96 valence electrons. The zero-order valence-electron chi connectivity index (χ0n) is 10.4. The summed E-state index contributed by atoms with van der Waals surface area (Å²) in [5.74, 6) is 0.573. The predicted octanol–water partition coefficient (Wildman–Crippen LogP) is 2.73. The molecule has 1 aromatic rings. The van der Waals surface area contributed by atoms with Crippen LogP contribution in [0.4, 0.5) is 0 Å². The van der Waals surface area contributed by atoms with Gasteiger partial charge in [-0.05, 0) is 36.6 Å². The molecule has 18 heavy (non-hydrogen) atoms. The SMILES string of the molecule is CC1CCNCC1OCc1ccc(C#N)cc1Cl. The van der Waals surface area contributed by atoms with Gasteiger partial charge in [0.2, 0.25) is 0 Å². The molecule has 0 radical (unpaired) electrons. The van der Waals surface area contributed by atoms with E-state index in [2.05, 4.69) is 18.3 Å². The molecule has 3 nitrogen and oxygen atoms in total. The number of rotatable bonds is 3. The molecule has 0 aromatic heterocycles. The van der Waals surface area contributed by atoms with Crippen molar-refractivity contribution in [1.29, 1.82) is 5.26 Å². The predicted molar refractivity (Wildman–Crippen MR) is 71.4 cm³/mol. The minimum absolute atomic E-state index is 0.241. The summed E-state index contributed by atoms with van der Waals surface area (Å²) in [6.45, 7) is 4.68. The van der Waals surface area contributed by atoms with Gasteiger partial charge >= 0.3 is 0 Å². The zero-order chi connectivity index (χ0) is 13.0. The maximum atomic E-state index is 8.77. The molecule has 0 amide bonds. The van der Waals surface area contributed by atoms with Crippen LogP contribution in [-0.4, -0.2) is 19.2 Å². The molecule has 1 fully saturated rings. The molecule has 0 aliphatic carbocycles. The molecule has 1 aliphatic heterocycles. The molecule has 0 spiro atoms. The molecule has 1 saturated heterocycles. The van der Waals surface area contributed by atoms with Crippen LogP contribution < -0.4 is 5.32 Å². The Kier molecular flexibility index (Phi) is 4.60. The fourth-order valence-corrected chi connectivity index (χ4v) is 2.35. The minimum Gasteiger partial charge on any atom is -0.372 e. The Morgan fingerprint density at radius 1 is 1.56 bits per heavy atom. The number of nitrogens with one attached hydrogen (secondary N) is 1. The Hall–Kier alpha value is -1.08. The Morgan fingerprint density at radius 3 is 3.06 bits per heavy atom. The lowest BCUT2D eigenvalue weighted by Gasteiger charge is -2.29. The van der Waals surface area contributed by atoms with Crippen LogP contribution in [-0.2, 0) is 11.3 Å². The van der Waals surface area contributed by atoms with Crippen molar-refractivity contribution in [2.24, 2.45) is 5.92 Å². The van der Waals surface area contributed by atoms with E-state index in [4.69, 9.17) is 21.6 Å². The van der Waals surface area contributed by atoms with Crippen molar-refractivity contribution in [3.05, 3.63) is 34.3 Å². The first-order valence-electron chi connectivity index (χ1n) is 6.21. The summed E-state index contributed by atoms with van der Waals surface area (Å²) in [7, 11) is 0. The highest BCUT2D eigenvalue weighted by Crippen LogP contribution is 2.21. The second-order valence-corrected chi connectivity index (χ2v) is 5.14. The monoisotopic (exact) mass is 264 g/mol. The Bertz CT molecular complexity index is 456. The first kappa shape index (κ1) is 13.4. The summed E-state index contributed by atoms with van der Waals surface area (Å²) in [5.41, 5.74) is 1.52. The molecule has 0 bridgehead atoms. The molecule has 2 unspecified atom stereocenters. The van der Waals surface area contributed by atoms with Crippen LogP contribution in [0.1, 0.15) is 24.5 Å². The average molecular weight is 265 g/mol. The highest BCUT2D eigenvalue weighted by Gasteiger charge is 2.21. The Balaban J connectivity index is 1.95. The van der Waals surface area contributed by atoms with E-state index >= 15 is 0 Å². The second kappa shape index (κ2) is 6.19. The number of hydrogen-bond acceptors (Lipinski definition) is 3. The van der Waals surface area contributed by atoms with Gasteiger partial charge in [0, 0.05) is 11.6 Å². The summed E-state index contributed by atoms with van der Waals surface area (Å²) >= 11 is 6.12. The van der Waals surface area contributed by atoms with E-state index in [0.717, 1.165) is 25.1 Å². The summed E-state index contributed by atoms with van der Waals surface area (Å²) in [5, 5.41) is 12.7. The normalized spacial score (nSPS) is 23.6. The van der Waals surface area contributed by atoms with Crippen molar-refractivity contribution in [1.82, 2.24) is 5.32 Å². The van der Waals surface area contributed by atoms with E-state index in [9.17, 15) is 0 Å². The van der Waals surface area contributed by atoms with Gasteiger partial charge in [0.15, 0.2) is 0 Å². The van der Waals surface area contributed by atoms with Gasteiger partial charge in [-0.3, -0.25) is 0 Å². The summed E-state index contributed by atoms with van der Waals surface area (Å²) in [6.07, 6.45) is 1.39. The third-order valence-electron chi connectivity index (χ3n) is 3.39. The first-order chi connectivity index (χ1) is 8.70. The minimum atomic E-state index is 0.241. The number of hydrogen-bond donors (Lipinski definition) is 1. The van der Waals surface area contributed by atoms with Gasteiger partial charge in [-0.25, -0.2) is 0 Å². The molecule has 1 N–H and O–H groups in total. The van der Waals surface area contributed by atoms with Gasteiger partial charge in [-0.15, -0.1) is 0 Å². The van der Waals surface area contributed by atoms with Gasteiger partial charge < -0.3 is 10.1 Å². The highest BCUT2D eigenvalue weighted by atomic mass is 35.5. The van der Waals surface area contributed by atoms with Gasteiger partial charge in [0.05, 0.1) is 24.3 Å². The van der Waals surface area contributed by atoms with Gasteiger partial charge in [-0.1, -0.05) is 24.6 Å². The van der Waals surface area contributed by atoms with Gasteiger partial charge in [-0.2, -0.15) is 5.26 Å². The molecule has 2 atom stereocenters. The lowest BCUT2D eigenvalue weighted by molar-refractivity contribution is -0.00654. The lowest BCUT2D eigenvalue weighted by Crippen LogP contribution is -2.40. The van der Waals surface area contributed by atoms with E-state index in [1.807, 2.05) is 6.07 Å². The van der Waals surface area contributed by atoms with E-state index in [-0.39, 0.29) is 6.10 Å². The third kappa shape index (κ3) is 3.23. The Labute approximate surface area is 113 Å². The van der Waals surface area contributed by atoms with E-state index < -0.39 is 0 Å². The molecule has 0 saturated carbocycles. The molecular weight excluding hydrogens is 248 g/mol. The van der Waals surface area contributed by atoms with Crippen LogP contribution in [0.25, 0.3) is 0 Å². The fraction of sp³-hybridized carbons (Fsp3) is 0.500. The number of ether oxygens (including phenoxy) is 1. The standard InChI is InChI=1S/C14H17ClN2O/c1-10-4-5-17-8-14(10)18-9-12-3-2-11(7-16)6-13(12)15/h2-3,6,10,14,17H,4-5,8-9H2,1H3. The number of piperidine rings is 1. The summed E-state index contributed by atoms with van der Waals surface area (Å²) in [4.78, 5) is 0. The van der Waals surface area contributed by atoms with E-state index in [0.29, 0.717) is 23.1 Å². The smallest absolute Gasteiger partial charge is 0.0992 e. The first-order valence-corrected chi connectivity index (χ1v) is 6.59. The molecular formula is C14H17ClN2O. The van der Waals surface area contributed by atoms with Crippen molar-refractivity contribution in [2.75, 3.05) is 13.1 Å². The van der Waals surface area contributed by atoms with Crippen molar-refractivity contribution in [3.63, 3.8) is 0 Å². The van der Waals surface area contributed by atoms with Crippen LogP contribution in [0.2, 0.25) is 5.02 Å². The Morgan fingerprint density at radius 2 is 2.39 bits per heavy atom. The van der Waals surface area contributed by atoms with E-state index in [1.54, 1.807) is 12.1 Å². The maximum absolute atomic E-state index is 8.77. The van der Waals surface area contributed by atoms with Crippen molar-refractivity contribution in [3.8, 4) is 6.07 Å². The topological polar surface area (TPSA) is 45.0 Å². The summed E-state index contributed by atoms with van der Waals surface area (Å²) < 4.78 is 5.91. The quantitative estimate of drug-likeness (QED) is 0.913. The van der Waals surface area contributed by atoms with Crippen molar-refractivity contribution >= 4 is 11.6 Å². The van der Waals surface area contributed by atoms with Crippen LogP contribution >= 0.6 is 11.6 Å². The van der Waals surface area contributed by atoms with Gasteiger partial charge in [0.1, 0.15) is 0 Å². The number of halogens is 1. The molecule has 1 heterocycles. The van der Waals surface area contributed by atoms with Gasteiger partial charge in [0.25, 0.3) is 0 Å². The third-order valence-corrected chi connectivity index (χ3v) is 3.74. The average Bonchev–Trinajstić information content (AvgIpc) is 2.39. The lowest BCUT2D eigenvalue weighted by atomic mass is 9.97. The maximum Gasteiger partial charge on any atom is 0.0992 e.